The largest absolute Gasteiger partial charge is 0.287 e. The van der Waals surface area contributed by atoms with Crippen LogP contribution < -0.4 is 0 Å². The minimum Gasteiger partial charge on any atom is -0.287 e. The van der Waals surface area contributed by atoms with E-state index in [1.807, 2.05) is 30.3 Å². The number of fused-ring (bicyclic) bond motifs is 1. The fourth-order valence-corrected chi connectivity index (χ4v) is 3.06. The van der Waals surface area contributed by atoms with Crippen LogP contribution in [0.2, 0.25) is 5.15 Å². The van der Waals surface area contributed by atoms with Crippen molar-refractivity contribution in [3.63, 3.8) is 0 Å². The van der Waals surface area contributed by atoms with Crippen LogP contribution >= 0.6 is 23.4 Å². The second kappa shape index (κ2) is 5.23. The van der Waals surface area contributed by atoms with E-state index >= 15 is 0 Å². The molecule has 0 spiro atoms. The van der Waals surface area contributed by atoms with Gasteiger partial charge in [-0.25, -0.2) is 9.37 Å². The van der Waals surface area contributed by atoms with Crippen molar-refractivity contribution < 1.29 is 4.39 Å². The fraction of sp³-hybridized carbons (Fsp3) is 0.0714. The molecule has 0 aliphatic carbocycles. The van der Waals surface area contributed by atoms with Crippen molar-refractivity contribution >= 4 is 28.9 Å². The lowest BCUT2D eigenvalue weighted by atomic mass is 10.2. The van der Waals surface area contributed by atoms with Crippen LogP contribution in [0.5, 0.6) is 0 Å². The summed E-state index contributed by atoms with van der Waals surface area (Å²) in [6.07, 6.45) is 3.17. The van der Waals surface area contributed by atoms with E-state index in [-0.39, 0.29) is 5.15 Å². The minimum absolute atomic E-state index is 0.0746. The molecule has 0 saturated heterocycles. The molecule has 2 aromatic heterocycles. The van der Waals surface area contributed by atoms with Crippen molar-refractivity contribution in [2.24, 2.45) is 0 Å². The Hall–Kier alpha value is -1.52. The summed E-state index contributed by atoms with van der Waals surface area (Å²) < 4.78 is 15.6. The summed E-state index contributed by atoms with van der Waals surface area (Å²) >= 11 is 7.42. The van der Waals surface area contributed by atoms with Gasteiger partial charge in [-0.15, -0.1) is 11.8 Å². The van der Waals surface area contributed by atoms with Gasteiger partial charge in [0.05, 0.1) is 11.7 Å². The van der Waals surface area contributed by atoms with Crippen molar-refractivity contribution in [2.75, 3.05) is 0 Å². The summed E-state index contributed by atoms with van der Waals surface area (Å²) in [6.45, 7) is 0. The lowest BCUT2D eigenvalue weighted by Crippen LogP contribution is -1.93. The van der Waals surface area contributed by atoms with Gasteiger partial charge in [0.1, 0.15) is 6.33 Å². The van der Waals surface area contributed by atoms with Crippen LogP contribution in [0.1, 0.15) is 5.56 Å². The maximum atomic E-state index is 14.1. The highest BCUT2D eigenvalue weighted by molar-refractivity contribution is 7.98. The van der Waals surface area contributed by atoms with Gasteiger partial charge in [0.2, 0.25) is 0 Å². The van der Waals surface area contributed by atoms with Crippen LogP contribution in [0.15, 0.2) is 53.8 Å². The van der Waals surface area contributed by atoms with Crippen LogP contribution in [0.25, 0.3) is 5.52 Å². The summed E-state index contributed by atoms with van der Waals surface area (Å²) in [5, 5.41) is 0.0746. The van der Waals surface area contributed by atoms with Crippen molar-refractivity contribution in [3.05, 3.63) is 65.5 Å². The Kier molecular flexibility index (Phi) is 3.44. The first-order valence-corrected chi connectivity index (χ1v) is 7.09. The van der Waals surface area contributed by atoms with Crippen LogP contribution in [0.4, 0.5) is 4.39 Å². The molecule has 2 heterocycles. The quantitative estimate of drug-likeness (QED) is 0.525. The van der Waals surface area contributed by atoms with Gasteiger partial charge in [-0.1, -0.05) is 41.9 Å². The lowest BCUT2D eigenvalue weighted by Gasteiger charge is -2.07. The molecule has 0 radical (unpaired) electrons. The van der Waals surface area contributed by atoms with E-state index in [0.29, 0.717) is 10.6 Å². The molecule has 0 aliphatic heterocycles. The molecule has 3 aromatic rings. The number of hydrogen-bond acceptors (Lipinski definition) is 2. The van der Waals surface area contributed by atoms with Crippen LogP contribution in [0.3, 0.4) is 0 Å². The number of halogens is 2. The van der Waals surface area contributed by atoms with Gasteiger partial charge >= 0.3 is 0 Å². The monoisotopic (exact) mass is 292 g/mol. The molecular weight excluding hydrogens is 283 g/mol. The topological polar surface area (TPSA) is 17.3 Å². The van der Waals surface area contributed by atoms with Crippen molar-refractivity contribution in [2.45, 2.75) is 10.6 Å². The second-order valence-electron chi connectivity index (χ2n) is 4.08. The highest BCUT2D eigenvalue weighted by Gasteiger charge is 2.12. The average molecular weight is 293 g/mol. The number of aromatic nitrogens is 2. The Bertz CT molecular complexity index is 712. The van der Waals surface area contributed by atoms with Gasteiger partial charge in [-0.3, -0.25) is 4.40 Å². The third-order valence-electron chi connectivity index (χ3n) is 2.79. The van der Waals surface area contributed by atoms with Gasteiger partial charge in [0, 0.05) is 10.6 Å². The zero-order valence-electron chi connectivity index (χ0n) is 9.88. The number of imidazole rings is 1. The van der Waals surface area contributed by atoms with E-state index in [4.69, 9.17) is 11.6 Å². The summed E-state index contributed by atoms with van der Waals surface area (Å²) in [5.74, 6) is 0.311. The Morgan fingerprint density at radius 2 is 2.05 bits per heavy atom. The van der Waals surface area contributed by atoms with Crippen molar-refractivity contribution in [3.8, 4) is 0 Å². The number of thioether (sulfide) groups is 1. The molecule has 96 valence electrons. The van der Waals surface area contributed by atoms with Gasteiger partial charge in [-0.2, -0.15) is 0 Å². The predicted octanol–water partition coefficient (Wildman–Crippen LogP) is 4.42. The first kappa shape index (κ1) is 12.5. The maximum absolute atomic E-state index is 14.1. The minimum atomic E-state index is -0.395. The smallest absolute Gasteiger partial charge is 0.172 e. The summed E-state index contributed by atoms with van der Waals surface area (Å²) in [7, 11) is 0. The standard InChI is InChI=1S/C14H10ClFN2S/c15-14-13(16)12(6-11-7-17-9-18(11)14)19-8-10-4-2-1-3-5-10/h1-7,9H,8H2. The molecule has 0 aliphatic rings. The molecule has 0 N–H and O–H groups in total. The third-order valence-corrected chi connectivity index (χ3v) is 4.23. The molecule has 0 unspecified atom stereocenters. The molecule has 5 heteroatoms. The Labute approximate surface area is 119 Å². The average Bonchev–Trinajstić information content (AvgIpc) is 2.91. The van der Waals surface area contributed by atoms with Gasteiger partial charge in [0.25, 0.3) is 0 Å². The van der Waals surface area contributed by atoms with Crippen LogP contribution in [-0.4, -0.2) is 9.38 Å². The Balaban J connectivity index is 1.90. The Morgan fingerprint density at radius 1 is 1.26 bits per heavy atom. The molecule has 1 aromatic carbocycles. The fourth-order valence-electron chi connectivity index (χ4n) is 1.82. The van der Waals surface area contributed by atoms with Crippen molar-refractivity contribution in [1.82, 2.24) is 9.38 Å². The molecule has 0 fully saturated rings. The van der Waals surface area contributed by atoms with E-state index in [9.17, 15) is 4.39 Å². The van der Waals surface area contributed by atoms with Crippen molar-refractivity contribution in [1.29, 1.82) is 0 Å². The molecule has 3 rings (SSSR count). The van der Waals surface area contributed by atoms with E-state index in [2.05, 4.69) is 4.98 Å². The first-order chi connectivity index (χ1) is 9.25. The summed E-state index contributed by atoms with van der Waals surface area (Å²) in [5.41, 5.74) is 1.94. The number of pyridine rings is 1. The highest BCUT2D eigenvalue weighted by Crippen LogP contribution is 2.31. The molecule has 0 amide bonds. The van der Waals surface area contributed by atoms with E-state index in [1.165, 1.54) is 22.5 Å². The van der Waals surface area contributed by atoms with Gasteiger partial charge in [0.15, 0.2) is 11.0 Å². The number of hydrogen-bond donors (Lipinski definition) is 0. The van der Waals surface area contributed by atoms with Gasteiger partial charge < -0.3 is 0 Å². The molecule has 0 saturated carbocycles. The number of nitrogens with zero attached hydrogens (tertiary/aromatic N) is 2. The zero-order chi connectivity index (χ0) is 13.2. The van der Waals surface area contributed by atoms with E-state index in [0.717, 1.165) is 11.1 Å². The summed E-state index contributed by atoms with van der Waals surface area (Å²) in [6, 6.07) is 11.7. The summed E-state index contributed by atoms with van der Waals surface area (Å²) in [4.78, 5) is 4.51. The predicted molar refractivity (Wildman–Crippen MR) is 76.2 cm³/mol. The lowest BCUT2D eigenvalue weighted by molar-refractivity contribution is 0.594. The second-order valence-corrected chi connectivity index (χ2v) is 5.45. The molecule has 0 bridgehead atoms. The van der Waals surface area contributed by atoms with E-state index in [1.54, 1.807) is 12.3 Å². The SMILES string of the molecule is Fc1c(SCc2ccccc2)cc2cncn2c1Cl. The number of benzene rings is 1. The normalized spacial score (nSPS) is 11.1. The molecule has 19 heavy (non-hydrogen) atoms. The van der Waals surface area contributed by atoms with Crippen LogP contribution in [0, 0.1) is 5.82 Å². The molecular formula is C14H10ClFN2S. The van der Waals surface area contributed by atoms with E-state index < -0.39 is 5.82 Å². The Morgan fingerprint density at radius 3 is 2.84 bits per heavy atom. The van der Waals surface area contributed by atoms with Crippen LogP contribution in [-0.2, 0) is 5.75 Å². The molecule has 2 nitrogen and oxygen atoms in total. The molecule has 0 atom stereocenters. The number of rotatable bonds is 3. The van der Waals surface area contributed by atoms with Gasteiger partial charge in [-0.05, 0) is 11.6 Å². The maximum Gasteiger partial charge on any atom is 0.172 e. The highest BCUT2D eigenvalue weighted by atomic mass is 35.5. The third kappa shape index (κ3) is 2.46. The first-order valence-electron chi connectivity index (χ1n) is 5.72. The zero-order valence-corrected chi connectivity index (χ0v) is 11.5.